The largest absolute Gasteiger partial charge is 0.488 e. The van der Waals surface area contributed by atoms with E-state index >= 15 is 0 Å². The number of aromatic nitrogens is 1. The molecule has 3 heterocycles. The number of carbonyl (C=O) groups excluding carboxylic acids is 1. The molecule has 1 fully saturated rings. The van der Waals surface area contributed by atoms with Crippen molar-refractivity contribution < 1.29 is 9.53 Å². The molecule has 8 nitrogen and oxygen atoms in total. The fourth-order valence-electron chi connectivity index (χ4n) is 4.42. The molecule has 1 aromatic carbocycles. The third kappa shape index (κ3) is 4.66. The molecule has 32 heavy (non-hydrogen) atoms. The van der Waals surface area contributed by atoms with E-state index in [0.717, 1.165) is 43.6 Å². The third-order valence-electron chi connectivity index (χ3n) is 6.09. The van der Waals surface area contributed by atoms with Crippen molar-refractivity contribution in [3.63, 3.8) is 0 Å². The smallest absolute Gasteiger partial charge is 0.317 e. The molecule has 2 amide bonds. The number of pyridine rings is 1. The summed E-state index contributed by atoms with van der Waals surface area (Å²) in [7, 11) is 1.63. The molecule has 164 valence electrons. The van der Waals surface area contributed by atoms with E-state index in [-0.39, 0.29) is 12.1 Å². The molecule has 0 aliphatic carbocycles. The van der Waals surface area contributed by atoms with Gasteiger partial charge in [0.05, 0.1) is 35.1 Å². The van der Waals surface area contributed by atoms with E-state index < -0.39 is 0 Å². The van der Waals surface area contributed by atoms with Crippen LogP contribution in [0.3, 0.4) is 0 Å². The Morgan fingerprint density at radius 3 is 2.84 bits per heavy atom. The van der Waals surface area contributed by atoms with Gasteiger partial charge in [0.25, 0.3) is 0 Å². The number of rotatable bonds is 5. The maximum atomic E-state index is 12.1. The second-order valence-corrected chi connectivity index (χ2v) is 8.23. The number of benzene rings is 1. The number of piperidine rings is 1. The summed E-state index contributed by atoms with van der Waals surface area (Å²) in [4.78, 5) is 20.7. The van der Waals surface area contributed by atoms with Crippen LogP contribution in [0.2, 0.25) is 0 Å². The van der Waals surface area contributed by atoms with Crippen LogP contribution in [0.15, 0.2) is 30.5 Å². The number of urea groups is 1. The van der Waals surface area contributed by atoms with E-state index in [2.05, 4.69) is 27.3 Å². The fraction of sp³-hybridized carbons (Fsp3) is 0.417. The summed E-state index contributed by atoms with van der Waals surface area (Å²) in [6, 6.07) is 11.8. The molecule has 0 spiro atoms. The summed E-state index contributed by atoms with van der Waals surface area (Å²) in [5, 5.41) is 21.4. The van der Waals surface area contributed by atoms with Crippen molar-refractivity contribution in [1.82, 2.24) is 20.1 Å². The monoisotopic (exact) mass is 430 g/mol. The lowest BCUT2D eigenvalue weighted by Gasteiger charge is -2.35. The zero-order chi connectivity index (χ0) is 22.5. The van der Waals surface area contributed by atoms with Crippen LogP contribution in [0.1, 0.15) is 47.2 Å². The number of nitrogens with one attached hydrogen (secondary N) is 1. The zero-order valence-corrected chi connectivity index (χ0v) is 18.2. The lowest BCUT2D eigenvalue weighted by Crippen LogP contribution is -2.50. The molecule has 2 aliphatic rings. The minimum absolute atomic E-state index is 0.0173. The summed E-state index contributed by atoms with van der Waals surface area (Å²) < 4.78 is 5.94. The first-order valence-electron chi connectivity index (χ1n) is 10.9. The van der Waals surface area contributed by atoms with Gasteiger partial charge in [0.15, 0.2) is 5.75 Å². The Morgan fingerprint density at radius 2 is 2.06 bits per heavy atom. The van der Waals surface area contributed by atoms with Crippen LogP contribution in [0, 0.1) is 22.7 Å². The van der Waals surface area contributed by atoms with Crippen LogP contribution in [0.4, 0.5) is 4.79 Å². The van der Waals surface area contributed by atoms with E-state index in [1.165, 1.54) is 5.56 Å². The van der Waals surface area contributed by atoms with Crippen molar-refractivity contribution in [3.05, 3.63) is 58.4 Å². The van der Waals surface area contributed by atoms with Crippen LogP contribution < -0.4 is 10.1 Å². The molecule has 1 saturated heterocycles. The number of carbonyl (C=O) groups is 1. The van der Waals surface area contributed by atoms with Crippen molar-refractivity contribution in [1.29, 1.82) is 10.5 Å². The van der Waals surface area contributed by atoms with Gasteiger partial charge in [-0.15, -0.1) is 0 Å². The summed E-state index contributed by atoms with van der Waals surface area (Å²) in [5.74, 6) is 0.446. The predicted molar refractivity (Wildman–Crippen MR) is 117 cm³/mol. The standard InChI is InChI=1S/C24H26N6O2/c1-27-24(31)30-7-3-2-4-22(30)16-32-23-12-28-21(9-19(23)11-26)15-29-13-18-6-5-17(10-25)8-20(18)14-29/h5-6,8-9,12,22H,2-4,7,13-16H2,1H3,(H,27,31). The van der Waals surface area contributed by atoms with Gasteiger partial charge in [0, 0.05) is 33.2 Å². The van der Waals surface area contributed by atoms with Crippen LogP contribution in [0.5, 0.6) is 5.75 Å². The Kier molecular flexibility index (Phi) is 6.53. The van der Waals surface area contributed by atoms with Crippen molar-refractivity contribution in [2.75, 3.05) is 20.2 Å². The number of nitrogens with zero attached hydrogens (tertiary/aromatic N) is 5. The Morgan fingerprint density at radius 1 is 1.22 bits per heavy atom. The summed E-state index contributed by atoms with van der Waals surface area (Å²) >= 11 is 0. The van der Waals surface area contributed by atoms with Gasteiger partial charge in [0.1, 0.15) is 12.7 Å². The highest BCUT2D eigenvalue weighted by atomic mass is 16.5. The molecule has 1 atom stereocenters. The molecular formula is C24H26N6O2. The average molecular weight is 431 g/mol. The van der Waals surface area contributed by atoms with E-state index in [4.69, 9.17) is 10.00 Å². The SMILES string of the molecule is CNC(=O)N1CCCCC1COc1cnc(CN2Cc3ccc(C#N)cc3C2)cc1C#N. The number of likely N-dealkylation sites (tertiary alicyclic amines) is 1. The van der Waals surface area contributed by atoms with Crippen LogP contribution in [-0.2, 0) is 19.6 Å². The Bertz CT molecular complexity index is 1090. The van der Waals surface area contributed by atoms with E-state index in [1.807, 2.05) is 18.2 Å². The molecule has 8 heteroatoms. The number of hydrogen-bond donors (Lipinski definition) is 1. The van der Waals surface area contributed by atoms with Crippen LogP contribution >= 0.6 is 0 Å². The van der Waals surface area contributed by atoms with E-state index in [9.17, 15) is 10.1 Å². The van der Waals surface area contributed by atoms with Gasteiger partial charge < -0.3 is 15.0 Å². The Hall–Kier alpha value is -3.62. The summed E-state index contributed by atoms with van der Waals surface area (Å²) in [6.07, 6.45) is 4.53. The third-order valence-corrected chi connectivity index (χ3v) is 6.09. The van der Waals surface area contributed by atoms with Crippen molar-refractivity contribution in [3.8, 4) is 17.9 Å². The molecule has 0 radical (unpaired) electrons. The summed E-state index contributed by atoms with van der Waals surface area (Å²) in [6.45, 7) is 3.21. The number of nitriles is 2. The Balaban J connectivity index is 1.39. The normalized spacial score (nSPS) is 17.8. The predicted octanol–water partition coefficient (Wildman–Crippen LogP) is 2.91. The van der Waals surface area contributed by atoms with Gasteiger partial charge in [-0.1, -0.05) is 6.07 Å². The zero-order valence-electron chi connectivity index (χ0n) is 18.2. The first-order chi connectivity index (χ1) is 15.6. The summed E-state index contributed by atoms with van der Waals surface area (Å²) in [5.41, 5.74) is 4.30. The highest BCUT2D eigenvalue weighted by Crippen LogP contribution is 2.26. The lowest BCUT2D eigenvalue weighted by molar-refractivity contribution is 0.117. The Labute approximate surface area is 188 Å². The molecular weight excluding hydrogens is 404 g/mol. The second-order valence-electron chi connectivity index (χ2n) is 8.23. The molecule has 2 aliphatic heterocycles. The molecule has 1 N–H and O–H groups in total. The van der Waals surface area contributed by atoms with Crippen molar-refractivity contribution in [2.45, 2.75) is 44.9 Å². The first kappa shape index (κ1) is 21.6. The van der Waals surface area contributed by atoms with Gasteiger partial charge >= 0.3 is 6.03 Å². The van der Waals surface area contributed by atoms with E-state index in [0.29, 0.717) is 36.6 Å². The fourth-order valence-corrected chi connectivity index (χ4v) is 4.42. The van der Waals surface area contributed by atoms with Gasteiger partial charge in [-0.3, -0.25) is 9.88 Å². The van der Waals surface area contributed by atoms with Gasteiger partial charge in [-0.2, -0.15) is 10.5 Å². The van der Waals surface area contributed by atoms with E-state index in [1.54, 1.807) is 24.2 Å². The number of ether oxygens (including phenoxy) is 1. The molecule has 2 aromatic rings. The first-order valence-corrected chi connectivity index (χ1v) is 10.9. The molecule has 1 aromatic heterocycles. The number of fused-ring (bicyclic) bond motifs is 1. The second kappa shape index (κ2) is 9.67. The molecule has 0 saturated carbocycles. The van der Waals surface area contributed by atoms with Gasteiger partial charge in [-0.25, -0.2) is 4.79 Å². The van der Waals surface area contributed by atoms with Crippen LogP contribution in [0.25, 0.3) is 0 Å². The minimum atomic E-state index is -0.0965. The van der Waals surface area contributed by atoms with Crippen LogP contribution in [-0.4, -0.2) is 47.1 Å². The average Bonchev–Trinajstić information content (AvgIpc) is 3.24. The quantitative estimate of drug-likeness (QED) is 0.782. The highest BCUT2D eigenvalue weighted by molar-refractivity contribution is 5.74. The highest BCUT2D eigenvalue weighted by Gasteiger charge is 2.27. The maximum absolute atomic E-state index is 12.1. The van der Waals surface area contributed by atoms with Gasteiger partial charge in [-0.05, 0) is 48.6 Å². The minimum Gasteiger partial charge on any atom is -0.488 e. The lowest BCUT2D eigenvalue weighted by atomic mass is 10.0. The van der Waals surface area contributed by atoms with Crippen molar-refractivity contribution >= 4 is 6.03 Å². The molecule has 4 rings (SSSR count). The molecule has 0 bridgehead atoms. The number of hydrogen-bond acceptors (Lipinski definition) is 6. The topological polar surface area (TPSA) is 105 Å². The maximum Gasteiger partial charge on any atom is 0.317 e. The van der Waals surface area contributed by atoms with Crippen molar-refractivity contribution in [2.24, 2.45) is 0 Å². The number of amides is 2. The molecule has 1 unspecified atom stereocenters. The van der Waals surface area contributed by atoms with Gasteiger partial charge in [0.2, 0.25) is 0 Å².